The molecule has 0 fully saturated rings. The van der Waals surface area contributed by atoms with E-state index in [1.165, 1.54) is 12.3 Å². The van der Waals surface area contributed by atoms with Crippen LogP contribution in [0.4, 0.5) is 5.69 Å². The van der Waals surface area contributed by atoms with E-state index < -0.39 is 0 Å². The smallest absolute Gasteiger partial charge is 0.257 e. The lowest BCUT2D eigenvalue weighted by atomic mass is 10.1. The van der Waals surface area contributed by atoms with E-state index in [9.17, 15) is 9.59 Å². The molecule has 0 aliphatic rings. The standard InChI is InChI=1S/C17H16N4O2/c1-21-15-4-2-3-14(13(15)5-6-16(21)22)20-17(23)12-7-11(8-18)9-19-10-12/h2-7,9-10H,8,18H2,1H3,(H,20,23). The first-order valence-corrected chi connectivity index (χ1v) is 7.14. The van der Waals surface area contributed by atoms with Crippen LogP contribution < -0.4 is 16.6 Å². The zero-order valence-electron chi connectivity index (χ0n) is 12.6. The van der Waals surface area contributed by atoms with Gasteiger partial charge in [-0.1, -0.05) is 6.07 Å². The minimum Gasteiger partial charge on any atom is -0.326 e. The maximum absolute atomic E-state index is 12.4. The summed E-state index contributed by atoms with van der Waals surface area (Å²) in [5, 5.41) is 3.66. The molecule has 1 amide bonds. The van der Waals surface area contributed by atoms with Crippen molar-refractivity contribution >= 4 is 22.5 Å². The average Bonchev–Trinajstić information content (AvgIpc) is 2.58. The Morgan fingerprint density at radius 2 is 2.09 bits per heavy atom. The normalized spacial score (nSPS) is 10.7. The number of nitrogens with zero attached hydrogens (tertiary/aromatic N) is 2. The van der Waals surface area contributed by atoms with Crippen molar-refractivity contribution in [1.82, 2.24) is 9.55 Å². The molecular weight excluding hydrogens is 292 g/mol. The van der Waals surface area contributed by atoms with Crippen LogP contribution in [0.5, 0.6) is 0 Å². The quantitative estimate of drug-likeness (QED) is 0.769. The van der Waals surface area contributed by atoms with E-state index in [-0.39, 0.29) is 11.5 Å². The molecule has 0 atom stereocenters. The number of nitrogens with two attached hydrogens (primary N) is 1. The minimum atomic E-state index is -0.269. The number of nitrogens with one attached hydrogen (secondary N) is 1. The zero-order chi connectivity index (χ0) is 16.4. The summed E-state index contributed by atoms with van der Waals surface area (Å²) in [5.41, 5.74) is 8.10. The maximum atomic E-state index is 12.4. The van der Waals surface area contributed by atoms with Gasteiger partial charge in [-0.3, -0.25) is 14.6 Å². The molecule has 0 spiro atoms. The third-order valence-corrected chi connectivity index (χ3v) is 3.71. The van der Waals surface area contributed by atoms with Gasteiger partial charge >= 0.3 is 0 Å². The van der Waals surface area contributed by atoms with Crippen LogP contribution in [0.25, 0.3) is 10.9 Å². The number of rotatable bonds is 3. The number of fused-ring (bicyclic) bond motifs is 1. The Bertz CT molecular complexity index is 947. The van der Waals surface area contributed by atoms with Crippen LogP contribution in [0, 0.1) is 0 Å². The van der Waals surface area contributed by atoms with Gasteiger partial charge in [-0.05, 0) is 29.8 Å². The number of aromatic nitrogens is 2. The predicted octanol–water partition coefficient (Wildman–Crippen LogP) is 1.64. The predicted molar refractivity (Wildman–Crippen MR) is 89.3 cm³/mol. The number of benzene rings is 1. The molecule has 3 rings (SSSR count). The van der Waals surface area contributed by atoms with Crippen LogP contribution in [0.1, 0.15) is 15.9 Å². The van der Waals surface area contributed by atoms with Gasteiger partial charge in [-0.25, -0.2) is 0 Å². The van der Waals surface area contributed by atoms with Crippen LogP contribution in [0.2, 0.25) is 0 Å². The highest BCUT2D eigenvalue weighted by molar-refractivity contribution is 6.08. The van der Waals surface area contributed by atoms with Gasteiger partial charge in [0.2, 0.25) is 0 Å². The van der Waals surface area contributed by atoms with E-state index in [1.807, 2.05) is 6.07 Å². The molecule has 0 saturated heterocycles. The van der Waals surface area contributed by atoms with E-state index >= 15 is 0 Å². The summed E-state index contributed by atoms with van der Waals surface area (Å²) in [6.07, 6.45) is 3.12. The van der Waals surface area contributed by atoms with Gasteiger partial charge in [0.1, 0.15) is 0 Å². The van der Waals surface area contributed by atoms with Gasteiger partial charge in [0.15, 0.2) is 0 Å². The first-order chi connectivity index (χ1) is 11.1. The maximum Gasteiger partial charge on any atom is 0.257 e. The lowest BCUT2D eigenvalue weighted by Crippen LogP contribution is -2.17. The summed E-state index contributed by atoms with van der Waals surface area (Å²) < 4.78 is 1.54. The first-order valence-electron chi connectivity index (χ1n) is 7.14. The fourth-order valence-electron chi connectivity index (χ4n) is 2.43. The van der Waals surface area contributed by atoms with E-state index in [1.54, 1.807) is 42.1 Å². The number of amides is 1. The molecule has 2 heterocycles. The van der Waals surface area contributed by atoms with Gasteiger partial charge in [0.25, 0.3) is 11.5 Å². The Morgan fingerprint density at radius 3 is 2.87 bits per heavy atom. The van der Waals surface area contributed by atoms with Gasteiger partial charge in [-0.15, -0.1) is 0 Å². The van der Waals surface area contributed by atoms with Crippen LogP contribution in [0.3, 0.4) is 0 Å². The number of carbonyl (C=O) groups excluding carboxylic acids is 1. The second-order valence-corrected chi connectivity index (χ2v) is 5.21. The fourth-order valence-corrected chi connectivity index (χ4v) is 2.43. The largest absolute Gasteiger partial charge is 0.326 e. The Morgan fingerprint density at radius 1 is 1.26 bits per heavy atom. The van der Waals surface area contributed by atoms with Crippen molar-refractivity contribution in [2.75, 3.05) is 5.32 Å². The number of hydrogen-bond acceptors (Lipinski definition) is 4. The lowest BCUT2D eigenvalue weighted by molar-refractivity contribution is 0.102. The van der Waals surface area contributed by atoms with Crippen LogP contribution in [0.15, 0.2) is 53.6 Å². The topological polar surface area (TPSA) is 90.0 Å². The van der Waals surface area contributed by atoms with E-state index in [0.29, 0.717) is 17.8 Å². The van der Waals surface area contributed by atoms with Crippen LogP contribution in [-0.4, -0.2) is 15.5 Å². The fraction of sp³-hybridized carbons (Fsp3) is 0.118. The molecular formula is C17H16N4O2. The average molecular weight is 308 g/mol. The third kappa shape index (κ3) is 2.84. The molecule has 1 aromatic carbocycles. The highest BCUT2D eigenvalue weighted by atomic mass is 16.1. The molecule has 3 aromatic rings. The van der Waals surface area contributed by atoms with Crippen molar-refractivity contribution in [2.24, 2.45) is 12.8 Å². The molecule has 3 N–H and O–H groups in total. The molecule has 0 aliphatic carbocycles. The summed E-state index contributed by atoms with van der Waals surface area (Å²) in [4.78, 5) is 28.2. The molecule has 2 aromatic heterocycles. The Labute approximate surface area is 132 Å². The van der Waals surface area contributed by atoms with Crippen molar-refractivity contribution < 1.29 is 4.79 Å². The molecule has 0 bridgehead atoms. The Balaban J connectivity index is 1.99. The van der Waals surface area contributed by atoms with Crippen LogP contribution in [-0.2, 0) is 13.6 Å². The number of pyridine rings is 2. The summed E-state index contributed by atoms with van der Waals surface area (Å²) in [6.45, 7) is 0.324. The molecule has 6 heteroatoms. The summed E-state index contributed by atoms with van der Waals surface area (Å²) in [7, 11) is 1.70. The van der Waals surface area contributed by atoms with Crippen molar-refractivity contribution in [3.8, 4) is 0 Å². The van der Waals surface area contributed by atoms with Gasteiger partial charge < -0.3 is 15.6 Å². The highest BCUT2D eigenvalue weighted by Gasteiger charge is 2.10. The number of carbonyl (C=O) groups is 1. The van der Waals surface area contributed by atoms with Crippen molar-refractivity contribution in [2.45, 2.75) is 6.54 Å². The molecule has 6 nitrogen and oxygen atoms in total. The SMILES string of the molecule is Cn1c(=O)ccc2c(NC(=O)c3cncc(CN)c3)cccc21. The summed E-state index contributed by atoms with van der Waals surface area (Å²) in [5.74, 6) is -0.269. The monoisotopic (exact) mass is 308 g/mol. The van der Waals surface area contributed by atoms with Gasteiger partial charge in [0, 0.05) is 37.4 Å². The summed E-state index contributed by atoms with van der Waals surface area (Å²) in [6, 6.07) is 10.3. The molecule has 23 heavy (non-hydrogen) atoms. The van der Waals surface area contributed by atoms with E-state index in [2.05, 4.69) is 10.3 Å². The third-order valence-electron chi connectivity index (χ3n) is 3.71. The number of anilines is 1. The van der Waals surface area contributed by atoms with Crippen molar-refractivity contribution in [1.29, 1.82) is 0 Å². The second kappa shape index (κ2) is 6.02. The lowest BCUT2D eigenvalue weighted by Gasteiger charge is -2.11. The van der Waals surface area contributed by atoms with Crippen molar-refractivity contribution in [3.05, 3.63) is 70.3 Å². The molecule has 116 valence electrons. The minimum absolute atomic E-state index is 0.0965. The molecule has 0 radical (unpaired) electrons. The molecule has 0 saturated carbocycles. The number of hydrogen-bond donors (Lipinski definition) is 2. The zero-order valence-corrected chi connectivity index (χ0v) is 12.6. The van der Waals surface area contributed by atoms with E-state index in [4.69, 9.17) is 5.73 Å². The van der Waals surface area contributed by atoms with Crippen molar-refractivity contribution in [3.63, 3.8) is 0 Å². The first kappa shape index (κ1) is 14.9. The Kier molecular flexibility index (Phi) is 3.91. The van der Waals surface area contributed by atoms with Gasteiger partial charge in [0.05, 0.1) is 16.8 Å². The molecule has 0 aliphatic heterocycles. The number of aryl methyl sites for hydroxylation is 1. The summed E-state index contributed by atoms with van der Waals surface area (Å²) >= 11 is 0. The van der Waals surface area contributed by atoms with Crippen LogP contribution >= 0.6 is 0 Å². The van der Waals surface area contributed by atoms with Gasteiger partial charge in [-0.2, -0.15) is 0 Å². The van der Waals surface area contributed by atoms with E-state index in [0.717, 1.165) is 16.5 Å². The Hall–Kier alpha value is -2.99. The highest BCUT2D eigenvalue weighted by Crippen LogP contribution is 2.22. The second-order valence-electron chi connectivity index (χ2n) is 5.21. The molecule has 0 unspecified atom stereocenters.